The van der Waals surface area contributed by atoms with Crippen molar-refractivity contribution < 1.29 is 4.74 Å². The van der Waals surface area contributed by atoms with Gasteiger partial charge < -0.3 is 9.30 Å². The zero-order valence-electron chi connectivity index (χ0n) is 26.1. The third-order valence-corrected chi connectivity index (χ3v) is 9.80. The molecule has 9 aromatic rings. The minimum Gasteiger partial charge on any atom is -0.456 e. The van der Waals surface area contributed by atoms with Crippen LogP contribution in [0.5, 0.6) is 11.5 Å². The van der Waals surface area contributed by atoms with Crippen LogP contribution < -0.4 is 4.74 Å². The molecule has 0 bridgehead atoms. The van der Waals surface area contributed by atoms with E-state index in [0.717, 1.165) is 28.1 Å². The van der Waals surface area contributed by atoms with E-state index < -0.39 is 0 Å². The number of hydrogen-bond donors (Lipinski definition) is 0. The summed E-state index contributed by atoms with van der Waals surface area (Å²) in [6.07, 6.45) is 0. The molecule has 0 saturated heterocycles. The molecule has 0 amide bonds. The molecule has 0 radical (unpaired) electrons. The minimum absolute atomic E-state index is 0.896. The number of aromatic nitrogens is 1. The summed E-state index contributed by atoms with van der Waals surface area (Å²) in [6, 6.07) is 63.1. The van der Waals surface area contributed by atoms with Crippen LogP contribution in [0.4, 0.5) is 0 Å². The molecule has 10 rings (SSSR count). The van der Waals surface area contributed by atoms with Gasteiger partial charge in [-0.15, -0.1) is 0 Å². The van der Waals surface area contributed by atoms with Crippen molar-refractivity contribution in [3.05, 3.63) is 176 Å². The molecule has 0 spiro atoms. The van der Waals surface area contributed by atoms with Gasteiger partial charge >= 0.3 is 0 Å². The molecule has 0 fully saturated rings. The summed E-state index contributed by atoms with van der Waals surface area (Å²) in [7, 11) is 0. The fourth-order valence-electron chi connectivity index (χ4n) is 7.66. The number of para-hydroxylation sites is 2. The van der Waals surface area contributed by atoms with Gasteiger partial charge in [-0.3, -0.25) is 0 Å². The molecule has 0 N–H and O–H groups in total. The summed E-state index contributed by atoms with van der Waals surface area (Å²) < 4.78 is 8.93. The van der Waals surface area contributed by atoms with Gasteiger partial charge in [-0.25, -0.2) is 0 Å². The van der Waals surface area contributed by atoms with E-state index in [9.17, 15) is 0 Å². The molecule has 2 heterocycles. The first-order valence-corrected chi connectivity index (χ1v) is 16.4. The second-order valence-corrected chi connectivity index (χ2v) is 12.5. The Hall–Kier alpha value is -6.38. The highest BCUT2D eigenvalue weighted by molar-refractivity contribution is 6.16. The minimum atomic E-state index is 0.896. The number of benzene rings is 8. The molecule has 2 heteroatoms. The van der Waals surface area contributed by atoms with E-state index in [-0.39, 0.29) is 0 Å². The van der Waals surface area contributed by atoms with Gasteiger partial charge in [0, 0.05) is 27.4 Å². The summed E-state index contributed by atoms with van der Waals surface area (Å²) >= 11 is 0. The molecular formula is C46H29NO. The van der Waals surface area contributed by atoms with Crippen LogP contribution in [-0.4, -0.2) is 4.57 Å². The molecule has 8 aromatic carbocycles. The van der Waals surface area contributed by atoms with Crippen molar-refractivity contribution in [1.82, 2.24) is 4.57 Å². The highest BCUT2D eigenvalue weighted by atomic mass is 16.5. The molecule has 1 aliphatic heterocycles. The third kappa shape index (κ3) is 4.06. The van der Waals surface area contributed by atoms with E-state index in [2.05, 4.69) is 180 Å². The Labute approximate surface area is 278 Å². The van der Waals surface area contributed by atoms with Gasteiger partial charge in [0.1, 0.15) is 11.5 Å². The molecule has 2 nitrogen and oxygen atoms in total. The first-order valence-electron chi connectivity index (χ1n) is 16.4. The SMILES string of the molecule is c1ccc(-c2ccc3c(c2)-c2cccc4c(-c5cccc(-c6cccc7c6c6ccccc6n7-c6ccccc6)c5)ccc(c24)O3)cc1. The topological polar surface area (TPSA) is 14.2 Å². The first-order chi connectivity index (χ1) is 23.8. The molecule has 1 aliphatic rings. The van der Waals surface area contributed by atoms with Crippen LogP contribution in [0, 0.1) is 0 Å². The average molecular weight is 612 g/mol. The van der Waals surface area contributed by atoms with Crippen molar-refractivity contribution in [2.75, 3.05) is 0 Å². The zero-order chi connectivity index (χ0) is 31.6. The van der Waals surface area contributed by atoms with Crippen LogP contribution >= 0.6 is 0 Å². The Morgan fingerprint density at radius 1 is 0.333 bits per heavy atom. The number of fused-ring (bicyclic) bond motifs is 5. The lowest BCUT2D eigenvalue weighted by Crippen LogP contribution is -1.98. The van der Waals surface area contributed by atoms with Crippen molar-refractivity contribution in [2.45, 2.75) is 0 Å². The molecule has 0 unspecified atom stereocenters. The van der Waals surface area contributed by atoms with E-state index in [4.69, 9.17) is 4.74 Å². The predicted molar refractivity (Wildman–Crippen MR) is 200 cm³/mol. The van der Waals surface area contributed by atoms with Gasteiger partial charge in [0.05, 0.1) is 11.0 Å². The summed E-state index contributed by atoms with van der Waals surface area (Å²) in [6.45, 7) is 0. The zero-order valence-corrected chi connectivity index (χ0v) is 26.1. The smallest absolute Gasteiger partial charge is 0.135 e. The molecule has 0 atom stereocenters. The Morgan fingerprint density at radius 2 is 0.979 bits per heavy atom. The van der Waals surface area contributed by atoms with E-state index in [1.54, 1.807) is 0 Å². The van der Waals surface area contributed by atoms with Gasteiger partial charge in [0.25, 0.3) is 0 Å². The fraction of sp³-hybridized carbons (Fsp3) is 0. The summed E-state index contributed by atoms with van der Waals surface area (Å²) in [5, 5.41) is 4.87. The maximum atomic E-state index is 6.55. The Morgan fingerprint density at radius 3 is 1.85 bits per heavy atom. The van der Waals surface area contributed by atoms with E-state index in [1.807, 2.05) is 0 Å². The molecular weight excluding hydrogens is 583 g/mol. The standard InChI is InChI=1S/C46H29NO/c1-3-12-30(13-4-1)31-24-26-43-40(29-31)38-21-10-20-37-35(25-27-44(48-43)46(37)38)32-14-9-15-33(28-32)36-19-11-23-42-45(36)39-18-7-8-22-41(39)47(42)34-16-5-2-6-17-34/h1-29H. The van der Waals surface area contributed by atoms with E-state index in [1.165, 1.54) is 66.1 Å². The van der Waals surface area contributed by atoms with Gasteiger partial charge in [-0.05, 0) is 92.9 Å². The molecule has 224 valence electrons. The van der Waals surface area contributed by atoms with Crippen LogP contribution in [0.15, 0.2) is 176 Å². The third-order valence-electron chi connectivity index (χ3n) is 9.80. The number of rotatable bonds is 4. The Balaban J connectivity index is 1.14. The van der Waals surface area contributed by atoms with Gasteiger partial charge in [-0.2, -0.15) is 0 Å². The van der Waals surface area contributed by atoms with E-state index in [0.29, 0.717) is 0 Å². The lowest BCUT2D eigenvalue weighted by atomic mass is 9.88. The maximum Gasteiger partial charge on any atom is 0.135 e. The normalized spacial score (nSPS) is 11.9. The van der Waals surface area contributed by atoms with Crippen LogP contribution in [0.2, 0.25) is 0 Å². The lowest BCUT2D eigenvalue weighted by Gasteiger charge is -2.23. The monoisotopic (exact) mass is 611 g/mol. The summed E-state index contributed by atoms with van der Waals surface area (Å²) in [5.74, 6) is 1.80. The number of nitrogens with zero attached hydrogens (tertiary/aromatic N) is 1. The van der Waals surface area contributed by atoms with E-state index >= 15 is 0 Å². The van der Waals surface area contributed by atoms with Gasteiger partial charge in [-0.1, -0.05) is 127 Å². The largest absolute Gasteiger partial charge is 0.456 e. The van der Waals surface area contributed by atoms with Crippen LogP contribution in [0.1, 0.15) is 0 Å². The first kappa shape index (κ1) is 26.8. The van der Waals surface area contributed by atoms with Crippen molar-refractivity contribution in [1.29, 1.82) is 0 Å². The fourth-order valence-corrected chi connectivity index (χ4v) is 7.66. The van der Waals surface area contributed by atoms with Crippen molar-refractivity contribution in [2.24, 2.45) is 0 Å². The Bertz CT molecular complexity index is 2690. The number of hydrogen-bond acceptors (Lipinski definition) is 1. The van der Waals surface area contributed by atoms with Crippen LogP contribution in [-0.2, 0) is 0 Å². The molecule has 0 saturated carbocycles. The summed E-state index contributed by atoms with van der Waals surface area (Å²) in [4.78, 5) is 0. The highest BCUT2D eigenvalue weighted by Crippen LogP contribution is 2.50. The number of ether oxygens (including phenoxy) is 1. The second-order valence-electron chi connectivity index (χ2n) is 12.5. The summed E-state index contributed by atoms with van der Waals surface area (Å²) in [5.41, 5.74) is 13.1. The van der Waals surface area contributed by atoms with Crippen LogP contribution in [0.25, 0.3) is 82.8 Å². The van der Waals surface area contributed by atoms with Gasteiger partial charge in [0.2, 0.25) is 0 Å². The maximum absolute atomic E-state index is 6.55. The van der Waals surface area contributed by atoms with Crippen LogP contribution in [0.3, 0.4) is 0 Å². The predicted octanol–water partition coefficient (Wildman–Crippen LogP) is 12.7. The molecule has 0 aliphatic carbocycles. The van der Waals surface area contributed by atoms with Gasteiger partial charge in [0.15, 0.2) is 0 Å². The second kappa shape index (κ2) is 10.6. The molecule has 48 heavy (non-hydrogen) atoms. The van der Waals surface area contributed by atoms with Crippen molar-refractivity contribution in [3.63, 3.8) is 0 Å². The highest BCUT2D eigenvalue weighted by Gasteiger charge is 2.23. The average Bonchev–Trinajstić information content (AvgIpc) is 3.50. The lowest BCUT2D eigenvalue weighted by molar-refractivity contribution is 0.487. The Kier molecular flexibility index (Phi) is 5.91. The molecule has 1 aromatic heterocycles. The van der Waals surface area contributed by atoms with Crippen molar-refractivity contribution in [3.8, 4) is 61.7 Å². The quantitative estimate of drug-likeness (QED) is 0.193. The van der Waals surface area contributed by atoms with Crippen molar-refractivity contribution >= 4 is 32.6 Å².